The molecule has 1 unspecified atom stereocenters. The van der Waals surface area contributed by atoms with Crippen LogP contribution in [0.3, 0.4) is 0 Å². The minimum atomic E-state index is -0.284. The molecule has 1 aliphatic rings. The normalized spacial score (nSPS) is 17.7. The van der Waals surface area contributed by atoms with Crippen molar-refractivity contribution in [3.63, 3.8) is 0 Å². The summed E-state index contributed by atoms with van der Waals surface area (Å²) in [4.78, 5) is 13.1. The Morgan fingerprint density at radius 2 is 2.40 bits per heavy atom. The predicted octanol–water partition coefficient (Wildman–Crippen LogP) is -0.253. The highest BCUT2D eigenvalue weighted by molar-refractivity contribution is 5.85. The summed E-state index contributed by atoms with van der Waals surface area (Å²) in [5, 5.41) is 11.4. The lowest BCUT2D eigenvalue weighted by Crippen LogP contribution is -2.27. The fourth-order valence-corrected chi connectivity index (χ4v) is 1.64. The number of ketones is 1. The molecule has 0 spiro atoms. The lowest BCUT2D eigenvalue weighted by atomic mass is 10.1. The van der Waals surface area contributed by atoms with Gasteiger partial charge in [0.25, 0.3) is 0 Å². The van der Waals surface area contributed by atoms with E-state index in [-0.39, 0.29) is 18.3 Å². The summed E-state index contributed by atoms with van der Waals surface area (Å²) in [7, 11) is 3.25. The van der Waals surface area contributed by atoms with Crippen LogP contribution in [0.2, 0.25) is 0 Å². The molecular formula is C9H14N4O2. The minimum Gasteiger partial charge on any atom is -0.373 e. The maximum Gasteiger partial charge on any atom is 0.182 e. The number of Topliss-reactive ketones (excluding diaryl/α,β-unsaturated/α-hetero) is 1. The van der Waals surface area contributed by atoms with Gasteiger partial charge in [-0.2, -0.15) is 4.80 Å². The molecule has 0 saturated heterocycles. The number of rotatable bonds is 5. The summed E-state index contributed by atoms with van der Waals surface area (Å²) in [5.74, 6) is 0.914. The van der Waals surface area contributed by atoms with Gasteiger partial charge in [-0.05, 0) is 24.0 Å². The van der Waals surface area contributed by atoms with Crippen molar-refractivity contribution in [2.45, 2.75) is 25.4 Å². The van der Waals surface area contributed by atoms with Gasteiger partial charge < -0.3 is 4.74 Å². The first-order valence-corrected chi connectivity index (χ1v) is 4.99. The van der Waals surface area contributed by atoms with E-state index in [4.69, 9.17) is 4.74 Å². The Hall–Kier alpha value is -1.30. The van der Waals surface area contributed by atoms with Gasteiger partial charge in [0.05, 0.1) is 13.5 Å². The minimum absolute atomic E-state index is 0.0491. The fraction of sp³-hybridized carbons (Fsp3) is 0.778. The van der Waals surface area contributed by atoms with Gasteiger partial charge in [0.1, 0.15) is 6.10 Å². The van der Waals surface area contributed by atoms with Crippen LogP contribution in [0.25, 0.3) is 0 Å². The third kappa shape index (κ3) is 2.38. The number of aromatic nitrogens is 4. The zero-order chi connectivity index (χ0) is 10.8. The number of tetrazole rings is 1. The fourth-order valence-electron chi connectivity index (χ4n) is 1.64. The highest BCUT2D eigenvalue weighted by atomic mass is 16.5. The largest absolute Gasteiger partial charge is 0.373 e. The number of carbonyl (C=O) groups excluding carboxylic acids is 1. The highest BCUT2D eigenvalue weighted by Gasteiger charge is 2.36. The molecule has 6 heteroatoms. The van der Waals surface area contributed by atoms with Gasteiger partial charge in [0, 0.05) is 7.11 Å². The first kappa shape index (κ1) is 10.2. The second-order valence-electron chi connectivity index (χ2n) is 3.83. The number of hydrogen-bond donors (Lipinski definition) is 0. The van der Waals surface area contributed by atoms with Crippen molar-refractivity contribution in [1.29, 1.82) is 0 Å². The van der Waals surface area contributed by atoms with Crippen LogP contribution in [0.4, 0.5) is 0 Å². The van der Waals surface area contributed by atoms with E-state index >= 15 is 0 Å². The van der Waals surface area contributed by atoms with Crippen LogP contribution in [0.5, 0.6) is 0 Å². The first-order valence-electron chi connectivity index (χ1n) is 4.99. The van der Waals surface area contributed by atoms with Crippen molar-refractivity contribution < 1.29 is 9.53 Å². The topological polar surface area (TPSA) is 69.9 Å². The van der Waals surface area contributed by atoms with Crippen LogP contribution in [-0.2, 0) is 23.0 Å². The maximum absolute atomic E-state index is 11.8. The molecule has 1 fully saturated rings. The summed E-state index contributed by atoms with van der Waals surface area (Å²) in [5.41, 5.74) is 0. The number of carbonyl (C=O) groups is 1. The lowest BCUT2D eigenvalue weighted by molar-refractivity contribution is -0.129. The summed E-state index contributed by atoms with van der Waals surface area (Å²) >= 11 is 0. The molecule has 0 aliphatic heterocycles. The van der Waals surface area contributed by atoms with Gasteiger partial charge in [0.2, 0.25) is 0 Å². The second-order valence-corrected chi connectivity index (χ2v) is 3.83. The van der Waals surface area contributed by atoms with Crippen molar-refractivity contribution in [2.24, 2.45) is 13.0 Å². The average Bonchev–Trinajstić information content (AvgIpc) is 2.93. The molecule has 0 amide bonds. The molecule has 6 nitrogen and oxygen atoms in total. The quantitative estimate of drug-likeness (QED) is 0.670. The maximum atomic E-state index is 11.8. The monoisotopic (exact) mass is 210 g/mol. The number of hydrogen-bond acceptors (Lipinski definition) is 5. The van der Waals surface area contributed by atoms with Crippen molar-refractivity contribution in [3.05, 3.63) is 5.82 Å². The Morgan fingerprint density at radius 3 is 2.87 bits per heavy atom. The van der Waals surface area contributed by atoms with Crippen molar-refractivity contribution in [2.75, 3.05) is 7.11 Å². The van der Waals surface area contributed by atoms with Gasteiger partial charge in [0.15, 0.2) is 11.6 Å². The summed E-state index contributed by atoms with van der Waals surface area (Å²) in [6.45, 7) is 0. The molecule has 2 rings (SSSR count). The van der Waals surface area contributed by atoms with Crippen LogP contribution in [0, 0.1) is 5.92 Å². The van der Waals surface area contributed by atoms with E-state index in [9.17, 15) is 4.79 Å². The molecule has 0 N–H and O–H groups in total. The molecule has 1 aromatic heterocycles. The molecule has 1 atom stereocenters. The number of aryl methyl sites for hydroxylation is 1. The van der Waals surface area contributed by atoms with Crippen molar-refractivity contribution in [3.8, 4) is 0 Å². The van der Waals surface area contributed by atoms with Gasteiger partial charge in [-0.15, -0.1) is 10.2 Å². The molecule has 1 saturated carbocycles. The second kappa shape index (κ2) is 4.06. The van der Waals surface area contributed by atoms with E-state index in [0.29, 0.717) is 11.7 Å². The van der Waals surface area contributed by atoms with E-state index in [1.54, 1.807) is 14.2 Å². The Morgan fingerprint density at radius 1 is 1.67 bits per heavy atom. The van der Waals surface area contributed by atoms with E-state index in [1.165, 1.54) is 4.80 Å². The van der Waals surface area contributed by atoms with E-state index in [2.05, 4.69) is 15.4 Å². The van der Waals surface area contributed by atoms with Crippen LogP contribution >= 0.6 is 0 Å². The first-order chi connectivity index (χ1) is 7.20. The molecule has 1 aromatic rings. The van der Waals surface area contributed by atoms with Gasteiger partial charge in [-0.3, -0.25) is 4.79 Å². The summed E-state index contributed by atoms with van der Waals surface area (Å²) in [6.07, 6.45) is 2.09. The van der Waals surface area contributed by atoms with Crippen LogP contribution in [-0.4, -0.2) is 39.2 Å². The average molecular weight is 210 g/mol. The highest BCUT2D eigenvalue weighted by Crippen LogP contribution is 2.34. The van der Waals surface area contributed by atoms with Crippen LogP contribution in [0.15, 0.2) is 0 Å². The van der Waals surface area contributed by atoms with E-state index < -0.39 is 0 Å². The van der Waals surface area contributed by atoms with Crippen molar-refractivity contribution in [1.82, 2.24) is 20.2 Å². The summed E-state index contributed by atoms with van der Waals surface area (Å²) in [6, 6.07) is 0. The number of methoxy groups -OCH3 is 1. The molecule has 15 heavy (non-hydrogen) atoms. The zero-order valence-corrected chi connectivity index (χ0v) is 8.88. The summed E-state index contributed by atoms with van der Waals surface area (Å²) < 4.78 is 5.18. The lowest BCUT2D eigenvalue weighted by Gasteiger charge is -2.11. The Bertz CT molecular complexity index is 359. The van der Waals surface area contributed by atoms with Gasteiger partial charge in [-0.1, -0.05) is 0 Å². The third-order valence-electron chi connectivity index (χ3n) is 2.50. The predicted molar refractivity (Wildman–Crippen MR) is 51.0 cm³/mol. The van der Waals surface area contributed by atoms with E-state index in [0.717, 1.165) is 12.8 Å². The Balaban J connectivity index is 1.95. The Labute approximate surface area is 87.6 Å². The van der Waals surface area contributed by atoms with Gasteiger partial charge >= 0.3 is 0 Å². The molecule has 0 bridgehead atoms. The molecule has 1 heterocycles. The van der Waals surface area contributed by atoms with Crippen LogP contribution < -0.4 is 0 Å². The SMILES string of the molecule is COC(C(=O)Cc1nnn(C)n1)C1CC1. The van der Waals surface area contributed by atoms with E-state index in [1.807, 2.05) is 0 Å². The zero-order valence-electron chi connectivity index (χ0n) is 8.88. The smallest absolute Gasteiger partial charge is 0.182 e. The molecular weight excluding hydrogens is 196 g/mol. The molecule has 0 radical (unpaired) electrons. The molecule has 82 valence electrons. The Kier molecular flexibility index (Phi) is 2.77. The number of ether oxygens (including phenoxy) is 1. The van der Waals surface area contributed by atoms with Gasteiger partial charge in [-0.25, -0.2) is 0 Å². The van der Waals surface area contributed by atoms with Crippen molar-refractivity contribution >= 4 is 5.78 Å². The molecule has 1 aliphatic carbocycles. The van der Waals surface area contributed by atoms with Crippen LogP contribution in [0.1, 0.15) is 18.7 Å². The molecule has 0 aromatic carbocycles. The standard InChI is InChI=1S/C9H14N4O2/c1-13-11-8(10-12-13)5-7(14)9(15-2)6-3-4-6/h6,9H,3-5H2,1-2H3. The number of nitrogens with zero attached hydrogens (tertiary/aromatic N) is 4. The third-order valence-corrected chi connectivity index (χ3v) is 2.50.